The zero-order valence-electron chi connectivity index (χ0n) is 11.3. The van der Waals surface area contributed by atoms with E-state index in [0.717, 1.165) is 11.3 Å². The van der Waals surface area contributed by atoms with E-state index in [1.807, 2.05) is 19.2 Å². The smallest absolute Gasteiger partial charge is 0.134 e. The summed E-state index contributed by atoms with van der Waals surface area (Å²) in [5.41, 5.74) is 0.985. The number of furan rings is 1. The van der Waals surface area contributed by atoms with Gasteiger partial charge in [-0.2, -0.15) is 23.5 Å². The predicted molar refractivity (Wildman–Crippen MR) is 86.2 cm³/mol. The molecule has 2 aromatic rings. The lowest BCUT2D eigenvalue weighted by Gasteiger charge is -2.33. The Morgan fingerprint density at radius 1 is 1.26 bits per heavy atom. The summed E-state index contributed by atoms with van der Waals surface area (Å²) in [6.07, 6.45) is 0. The van der Waals surface area contributed by atoms with Gasteiger partial charge in [0.2, 0.25) is 0 Å². The highest BCUT2D eigenvalue weighted by Crippen LogP contribution is 2.39. The molecule has 102 valence electrons. The normalized spacial score (nSPS) is 25.6. The second-order valence-electron chi connectivity index (χ2n) is 4.86. The van der Waals surface area contributed by atoms with E-state index in [-0.39, 0.29) is 0 Å². The largest absolute Gasteiger partial charge is 0.459 e. The van der Waals surface area contributed by atoms with Gasteiger partial charge in [0.15, 0.2) is 0 Å². The van der Waals surface area contributed by atoms with E-state index >= 15 is 0 Å². The first-order valence-electron chi connectivity index (χ1n) is 6.68. The zero-order valence-corrected chi connectivity index (χ0v) is 12.9. The van der Waals surface area contributed by atoms with E-state index in [9.17, 15) is 0 Å². The Labute approximate surface area is 122 Å². The number of fused-ring (bicyclic) bond motifs is 1. The maximum atomic E-state index is 6.04. The molecule has 1 N–H and O–H groups in total. The second kappa shape index (κ2) is 5.81. The highest BCUT2D eigenvalue weighted by molar-refractivity contribution is 8.07. The SMILES string of the molecule is CNC(c1cc2ccccc2o1)C1SCCSC1C. The Kier molecular flexibility index (Phi) is 4.10. The van der Waals surface area contributed by atoms with Crippen LogP contribution < -0.4 is 5.32 Å². The van der Waals surface area contributed by atoms with Crippen LogP contribution in [-0.2, 0) is 0 Å². The van der Waals surface area contributed by atoms with Crippen LogP contribution in [0, 0.1) is 0 Å². The van der Waals surface area contributed by atoms with Gasteiger partial charge in [0, 0.05) is 27.4 Å². The van der Waals surface area contributed by atoms with Crippen LogP contribution in [0.4, 0.5) is 0 Å². The summed E-state index contributed by atoms with van der Waals surface area (Å²) in [5, 5.41) is 5.88. The number of nitrogens with one attached hydrogen (secondary N) is 1. The standard InChI is InChI=1S/C15H19NOS2/c1-10-15(19-8-7-18-10)14(16-2)13-9-11-5-3-4-6-12(11)17-13/h3-6,9-10,14-16H,7-8H2,1-2H3. The second-order valence-corrected chi connectivity index (χ2v) is 7.64. The topological polar surface area (TPSA) is 25.2 Å². The number of hydrogen-bond donors (Lipinski definition) is 1. The van der Waals surface area contributed by atoms with Gasteiger partial charge in [-0.15, -0.1) is 0 Å². The lowest BCUT2D eigenvalue weighted by Crippen LogP contribution is -2.35. The number of para-hydroxylation sites is 1. The van der Waals surface area contributed by atoms with E-state index in [4.69, 9.17) is 4.42 Å². The molecule has 3 rings (SSSR count). The fourth-order valence-corrected chi connectivity index (χ4v) is 5.61. The lowest BCUT2D eigenvalue weighted by atomic mass is 10.1. The third-order valence-electron chi connectivity index (χ3n) is 3.63. The molecule has 3 atom stereocenters. The summed E-state index contributed by atoms with van der Waals surface area (Å²) in [4.78, 5) is 0. The molecule has 4 heteroatoms. The minimum absolute atomic E-state index is 0.292. The molecule has 0 bridgehead atoms. The number of rotatable bonds is 3. The van der Waals surface area contributed by atoms with Gasteiger partial charge < -0.3 is 9.73 Å². The molecule has 0 aliphatic carbocycles. The maximum Gasteiger partial charge on any atom is 0.134 e. The summed E-state index contributed by atoms with van der Waals surface area (Å²) in [6, 6.07) is 10.7. The Bertz CT molecular complexity index is 521. The van der Waals surface area contributed by atoms with Crippen molar-refractivity contribution in [2.75, 3.05) is 18.6 Å². The Hall–Kier alpha value is -0.580. The fraction of sp³-hybridized carbons (Fsp3) is 0.467. The van der Waals surface area contributed by atoms with E-state index < -0.39 is 0 Å². The summed E-state index contributed by atoms with van der Waals surface area (Å²) < 4.78 is 6.04. The third kappa shape index (κ3) is 2.67. The van der Waals surface area contributed by atoms with Crippen molar-refractivity contribution in [3.63, 3.8) is 0 Å². The van der Waals surface area contributed by atoms with Gasteiger partial charge in [-0.1, -0.05) is 25.1 Å². The summed E-state index contributed by atoms with van der Waals surface area (Å²) in [6.45, 7) is 2.33. The number of thioether (sulfide) groups is 2. The number of hydrogen-bond acceptors (Lipinski definition) is 4. The Balaban J connectivity index is 1.92. The molecule has 0 radical (unpaired) electrons. The maximum absolute atomic E-state index is 6.04. The van der Waals surface area contributed by atoms with E-state index in [0.29, 0.717) is 16.5 Å². The molecule has 0 saturated carbocycles. The fourth-order valence-electron chi connectivity index (χ4n) is 2.64. The van der Waals surface area contributed by atoms with Crippen LogP contribution in [0.5, 0.6) is 0 Å². The summed E-state index contributed by atoms with van der Waals surface area (Å²) >= 11 is 4.13. The van der Waals surface area contributed by atoms with Crippen molar-refractivity contribution in [1.29, 1.82) is 0 Å². The van der Waals surface area contributed by atoms with Gasteiger partial charge in [-0.3, -0.25) is 0 Å². The first-order chi connectivity index (χ1) is 9.29. The van der Waals surface area contributed by atoms with Crippen molar-refractivity contribution in [3.8, 4) is 0 Å². The molecule has 2 nitrogen and oxygen atoms in total. The zero-order chi connectivity index (χ0) is 13.2. The molecule has 1 aromatic heterocycles. The molecule has 1 fully saturated rings. The summed E-state index contributed by atoms with van der Waals surface area (Å²) in [5.74, 6) is 3.56. The van der Waals surface area contributed by atoms with Gasteiger partial charge >= 0.3 is 0 Å². The van der Waals surface area contributed by atoms with Crippen molar-refractivity contribution in [2.24, 2.45) is 0 Å². The Morgan fingerprint density at radius 2 is 2.05 bits per heavy atom. The molecule has 0 amide bonds. The monoisotopic (exact) mass is 293 g/mol. The van der Waals surface area contributed by atoms with E-state index in [1.54, 1.807) is 0 Å². The van der Waals surface area contributed by atoms with Gasteiger partial charge in [0.1, 0.15) is 11.3 Å². The van der Waals surface area contributed by atoms with Crippen LogP contribution in [0.25, 0.3) is 11.0 Å². The van der Waals surface area contributed by atoms with Crippen molar-refractivity contribution >= 4 is 34.5 Å². The van der Waals surface area contributed by atoms with Gasteiger partial charge in [0.05, 0.1) is 6.04 Å². The quantitative estimate of drug-likeness (QED) is 0.927. The molecular weight excluding hydrogens is 274 g/mol. The molecule has 1 saturated heterocycles. The highest BCUT2D eigenvalue weighted by atomic mass is 32.2. The first kappa shape index (κ1) is 13.4. The average Bonchev–Trinajstić information content (AvgIpc) is 2.85. The van der Waals surface area contributed by atoms with E-state index in [1.165, 1.54) is 16.9 Å². The third-order valence-corrected chi connectivity index (χ3v) is 6.82. The van der Waals surface area contributed by atoms with Crippen molar-refractivity contribution in [3.05, 3.63) is 36.1 Å². The average molecular weight is 293 g/mol. The highest BCUT2D eigenvalue weighted by Gasteiger charge is 2.32. The lowest BCUT2D eigenvalue weighted by molar-refractivity contribution is 0.440. The van der Waals surface area contributed by atoms with Crippen molar-refractivity contribution in [1.82, 2.24) is 5.32 Å². The van der Waals surface area contributed by atoms with Crippen LogP contribution in [0.2, 0.25) is 0 Å². The molecule has 1 aliphatic heterocycles. The van der Waals surface area contributed by atoms with Crippen molar-refractivity contribution < 1.29 is 4.42 Å². The first-order valence-corrected chi connectivity index (χ1v) is 8.78. The van der Waals surface area contributed by atoms with E-state index in [2.05, 4.69) is 54.0 Å². The van der Waals surface area contributed by atoms with Gasteiger partial charge in [-0.25, -0.2) is 0 Å². The van der Waals surface area contributed by atoms with Crippen LogP contribution in [0.1, 0.15) is 18.7 Å². The van der Waals surface area contributed by atoms with Crippen LogP contribution in [-0.4, -0.2) is 29.1 Å². The van der Waals surface area contributed by atoms with Gasteiger partial charge in [0.25, 0.3) is 0 Å². The molecule has 1 aliphatic rings. The molecule has 2 heterocycles. The predicted octanol–water partition coefficient (Wildman–Crippen LogP) is 3.93. The molecule has 0 spiro atoms. The molecular formula is C15H19NOS2. The summed E-state index contributed by atoms with van der Waals surface area (Å²) in [7, 11) is 2.03. The molecule has 1 aromatic carbocycles. The van der Waals surface area contributed by atoms with Crippen molar-refractivity contribution in [2.45, 2.75) is 23.5 Å². The minimum Gasteiger partial charge on any atom is -0.459 e. The minimum atomic E-state index is 0.292. The molecule has 3 unspecified atom stereocenters. The number of benzene rings is 1. The molecule has 19 heavy (non-hydrogen) atoms. The Morgan fingerprint density at radius 3 is 2.79 bits per heavy atom. The van der Waals surface area contributed by atoms with Gasteiger partial charge in [-0.05, 0) is 19.2 Å². The van der Waals surface area contributed by atoms with Crippen LogP contribution in [0.15, 0.2) is 34.7 Å². The van der Waals surface area contributed by atoms with Crippen LogP contribution in [0.3, 0.4) is 0 Å². The van der Waals surface area contributed by atoms with Crippen LogP contribution >= 0.6 is 23.5 Å².